The third-order valence-electron chi connectivity index (χ3n) is 7.54. The van der Waals surface area contributed by atoms with Crippen LogP contribution in [0.25, 0.3) is 11.1 Å². The molecule has 1 aliphatic carbocycles. The molecule has 0 saturated carbocycles. The number of anilines is 2. The molecular formula is C33H30N2O3. The Kier molecular flexibility index (Phi) is 6.34. The highest BCUT2D eigenvalue weighted by Crippen LogP contribution is 2.45. The molecule has 1 aliphatic heterocycles. The van der Waals surface area contributed by atoms with Crippen molar-refractivity contribution in [1.82, 2.24) is 0 Å². The van der Waals surface area contributed by atoms with Gasteiger partial charge in [-0.2, -0.15) is 0 Å². The van der Waals surface area contributed by atoms with E-state index in [9.17, 15) is 4.79 Å². The van der Waals surface area contributed by atoms with Crippen LogP contribution in [0, 0.1) is 0 Å². The highest BCUT2D eigenvalue weighted by Gasteiger charge is 2.36. The van der Waals surface area contributed by atoms with Crippen LogP contribution in [0.1, 0.15) is 35.9 Å². The lowest BCUT2D eigenvalue weighted by molar-refractivity contribution is -0.116. The molecule has 5 nitrogen and oxygen atoms in total. The van der Waals surface area contributed by atoms with Crippen molar-refractivity contribution < 1.29 is 14.3 Å². The van der Waals surface area contributed by atoms with Gasteiger partial charge in [-0.05, 0) is 58.9 Å². The standard InChI is InChI=1S/C33H30N2O3/c1-37-30-17-16-24(20-31(30)38-2)25-18-28-32(29(36)19-25)33(35-27-11-7-6-10-26(27)34-28)23-14-12-22(13-15-23)21-8-4-3-5-9-21/h3-17,20,25,33-35H,18-19H2,1-2H3. The molecule has 2 unspecified atom stereocenters. The topological polar surface area (TPSA) is 59.6 Å². The molecule has 0 amide bonds. The predicted molar refractivity (Wildman–Crippen MR) is 152 cm³/mol. The average molecular weight is 503 g/mol. The predicted octanol–water partition coefficient (Wildman–Crippen LogP) is 7.35. The smallest absolute Gasteiger partial charge is 0.163 e. The maximum Gasteiger partial charge on any atom is 0.163 e. The lowest BCUT2D eigenvalue weighted by atomic mass is 9.78. The van der Waals surface area contributed by atoms with Crippen LogP contribution < -0.4 is 20.1 Å². The van der Waals surface area contributed by atoms with Gasteiger partial charge in [0.15, 0.2) is 17.3 Å². The van der Waals surface area contributed by atoms with E-state index in [0.717, 1.165) is 45.8 Å². The second-order valence-corrected chi connectivity index (χ2v) is 9.77. The van der Waals surface area contributed by atoms with E-state index in [1.165, 1.54) is 5.56 Å². The number of carbonyl (C=O) groups is 1. The Morgan fingerprint density at radius 2 is 1.34 bits per heavy atom. The van der Waals surface area contributed by atoms with Gasteiger partial charge in [0.25, 0.3) is 0 Å². The van der Waals surface area contributed by atoms with Gasteiger partial charge < -0.3 is 20.1 Å². The monoisotopic (exact) mass is 502 g/mol. The van der Waals surface area contributed by atoms with Crippen molar-refractivity contribution in [1.29, 1.82) is 0 Å². The van der Waals surface area contributed by atoms with Gasteiger partial charge in [0.2, 0.25) is 0 Å². The number of para-hydroxylation sites is 2. The summed E-state index contributed by atoms with van der Waals surface area (Å²) >= 11 is 0. The molecule has 0 fully saturated rings. The van der Waals surface area contributed by atoms with E-state index in [-0.39, 0.29) is 17.7 Å². The molecule has 2 aliphatic rings. The summed E-state index contributed by atoms with van der Waals surface area (Å²) in [6.07, 6.45) is 1.16. The summed E-state index contributed by atoms with van der Waals surface area (Å²) in [4.78, 5) is 13.9. The number of ketones is 1. The molecule has 5 heteroatoms. The average Bonchev–Trinajstić information content (AvgIpc) is 3.14. The maximum absolute atomic E-state index is 13.9. The van der Waals surface area contributed by atoms with Gasteiger partial charge in [0.05, 0.1) is 31.6 Å². The molecule has 0 radical (unpaired) electrons. The fourth-order valence-corrected chi connectivity index (χ4v) is 5.58. The molecule has 0 spiro atoms. The van der Waals surface area contributed by atoms with Crippen LogP contribution in [0.15, 0.2) is 108 Å². The number of fused-ring (bicyclic) bond motifs is 1. The van der Waals surface area contributed by atoms with Crippen molar-refractivity contribution in [3.05, 3.63) is 119 Å². The third-order valence-corrected chi connectivity index (χ3v) is 7.54. The second kappa shape index (κ2) is 10.1. The zero-order valence-electron chi connectivity index (χ0n) is 21.5. The lowest BCUT2D eigenvalue weighted by Gasteiger charge is -2.30. The summed E-state index contributed by atoms with van der Waals surface area (Å²) in [6.45, 7) is 0. The summed E-state index contributed by atoms with van der Waals surface area (Å²) in [5.74, 6) is 1.55. The van der Waals surface area contributed by atoms with Gasteiger partial charge in [-0.25, -0.2) is 0 Å². The van der Waals surface area contributed by atoms with Gasteiger partial charge in [0.1, 0.15) is 0 Å². The molecule has 190 valence electrons. The van der Waals surface area contributed by atoms with Crippen molar-refractivity contribution in [3.8, 4) is 22.6 Å². The molecule has 1 heterocycles. The first-order valence-corrected chi connectivity index (χ1v) is 12.9. The summed E-state index contributed by atoms with van der Waals surface area (Å²) in [5.41, 5.74) is 8.19. The molecular weight excluding hydrogens is 472 g/mol. The Hall–Kier alpha value is -4.51. The molecule has 2 atom stereocenters. The van der Waals surface area contributed by atoms with Crippen molar-refractivity contribution >= 4 is 17.2 Å². The van der Waals surface area contributed by atoms with E-state index >= 15 is 0 Å². The normalized spacial score (nSPS) is 18.4. The Morgan fingerprint density at radius 1 is 0.684 bits per heavy atom. The Morgan fingerprint density at radius 3 is 2.08 bits per heavy atom. The van der Waals surface area contributed by atoms with Gasteiger partial charge in [-0.1, -0.05) is 72.8 Å². The van der Waals surface area contributed by atoms with E-state index in [1.807, 2.05) is 48.5 Å². The van der Waals surface area contributed by atoms with E-state index in [4.69, 9.17) is 9.47 Å². The fourth-order valence-electron chi connectivity index (χ4n) is 5.58. The molecule has 2 N–H and O–H groups in total. The van der Waals surface area contributed by atoms with Crippen LogP contribution in [-0.4, -0.2) is 20.0 Å². The minimum absolute atomic E-state index is 0.0416. The Labute approximate surface area is 223 Å². The molecule has 4 aromatic carbocycles. The van der Waals surface area contributed by atoms with E-state index in [2.05, 4.69) is 59.2 Å². The van der Waals surface area contributed by atoms with Crippen LogP contribution >= 0.6 is 0 Å². The van der Waals surface area contributed by atoms with Crippen molar-refractivity contribution in [3.63, 3.8) is 0 Å². The number of nitrogens with one attached hydrogen (secondary N) is 2. The van der Waals surface area contributed by atoms with Crippen molar-refractivity contribution in [2.45, 2.75) is 24.8 Å². The van der Waals surface area contributed by atoms with Gasteiger partial charge >= 0.3 is 0 Å². The maximum atomic E-state index is 13.9. The minimum atomic E-state index is -0.246. The summed E-state index contributed by atoms with van der Waals surface area (Å²) in [7, 11) is 3.27. The van der Waals surface area contributed by atoms with Crippen LogP contribution in [-0.2, 0) is 4.79 Å². The number of carbonyl (C=O) groups excluding carboxylic acids is 1. The number of allylic oxidation sites excluding steroid dienone is 1. The van der Waals surface area contributed by atoms with Crippen LogP contribution in [0.3, 0.4) is 0 Å². The number of Topliss-reactive ketones (excluding diaryl/α,β-unsaturated/α-hetero) is 1. The molecule has 0 bridgehead atoms. The molecule has 6 rings (SSSR count). The Balaban J connectivity index is 1.39. The number of benzene rings is 4. The lowest BCUT2D eigenvalue weighted by Crippen LogP contribution is -2.26. The largest absolute Gasteiger partial charge is 0.493 e. The number of ether oxygens (including phenoxy) is 2. The highest BCUT2D eigenvalue weighted by atomic mass is 16.5. The zero-order chi connectivity index (χ0) is 26.1. The summed E-state index contributed by atoms with van der Waals surface area (Å²) in [6, 6.07) is 32.7. The number of rotatable bonds is 5. The Bertz CT molecular complexity index is 1510. The van der Waals surface area contributed by atoms with Gasteiger partial charge in [-0.3, -0.25) is 4.79 Å². The van der Waals surface area contributed by atoms with Crippen LogP contribution in [0.4, 0.5) is 11.4 Å². The van der Waals surface area contributed by atoms with E-state index < -0.39 is 0 Å². The minimum Gasteiger partial charge on any atom is -0.493 e. The van der Waals surface area contributed by atoms with Crippen molar-refractivity contribution in [2.75, 3.05) is 24.9 Å². The fraction of sp³-hybridized carbons (Fsp3) is 0.182. The van der Waals surface area contributed by atoms with Crippen LogP contribution in [0.2, 0.25) is 0 Å². The zero-order valence-corrected chi connectivity index (χ0v) is 21.5. The third kappa shape index (κ3) is 4.41. The highest BCUT2D eigenvalue weighted by molar-refractivity contribution is 6.01. The number of hydrogen-bond donors (Lipinski definition) is 2. The SMILES string of the molecule is COc1ccc(C2CC(=O)C3=C(C2)Nc2ccccc2NC3c2ccc(-c3ccccc3)cc2)cc1OC. The molecule has 0 aromatic heterocycles. The molecule has 4 aromatic rings. The van der Waals surface area contributed by atoms with E-state index in [0.29, 0.717) is 17.9 Å². The van der Waals surface area contributed by atoms with E-state index in [1.54, 1.807) is 14.2 Å². The first kappa shape index (κ1) is 23.9. The van der Waals surface area contributed by atoms with Gasteiger partial charge in [0, 0.05) is 17.7 Å². The number of hydrogen-bond acceptors (Lipinski definition) is 5. The molecule has 0 saturated heterocycles. The van der Waals surface area contributed by atoms with Crippen molar-refractivity contribution in [2.24, 2.45) is 0 Å². The number of methoxy groups -OCH3 is 2. The first-order chi connectivity index (χ1) is 18.6. The molecule has 38 heavy (non-hydrogen) atoms. The quantitative estimate of drug-likeness (QED) is 0.299. The first-order valence-electron chi connectivity index (χ1n) is 12.9. The van der Waals surface area contributed by atoms with Gasteiger partial charge in [-0.15, -0.1) is 0 Å². The van der Waals surface area contributed by atoms with Crippen LogP contribution in [0.5, 0.6) is 11.5 Å². The second-order valence-electron chi connectivity index (χ2n) is 9.77. The summed E-state index contributed by atoms with van der Waals surface area (Å²) < 4.78 is 11.0. The summed E-state index contributed by atoms with van der Waals surface area (Å²) in [5, 5.41) is 7.29.